The molecule has 2 atom stereocenters. The maximum Gasteiger partial charge on any atom is 0.311 e. The average molecular weight is 479 g/mol. The van der Waals surface area contributed by atoms with Gasteiger partial charge in [0.1, 0.15) is 11.6 Å². The molecule has 4 rings (SSSR count). The fraction of sp³-hybridized carbons (Fsp3) is 0.125. The van der Waals surface area contributed by atoms with Gasteiger partial charge in [-0.1, -0.05) is 23.7 Å². The first-order valence-corrected chi connectivity index (χ1v) is 10.5. The lowest BCUT2D eigenvalue weighted by atomic mass is 9.89. The van der Waals surface area contributed by atoms with Gasteiger partial charge in [0.2, 0.25) is 0 Å². The molecule has 2 unspecified atom stereocenters. The Morgan fingerprint density at radius 3 is 2.44 bits per heavy atom. The molecule has 10 heteroatoms. The van der Waals surface area contributed by atoms with Crippen molar-refractivity contribution >= 4 is 29.4 Å². The van der Waals surface area contributed by atoms with Crippen LogP contribution in [0, 0.1) is 5.41 Å². The molecule has 0 saturated carbocycles. The number of fused-ring (bicyclic) bond motifs is 1. The molecule has 0 aromatic heterocycles. The SMILES string of the molecule is N=C(N)c1ccc2c(c1)=NC(c1cc(C(CC(=O)O)C(=O)O)cc(-c3cccc(Cl)c3)c1O)N=2. The van der Waals surface area contributed by atoms with Crippen molar-refractivity contribution in [1.82, 2.24) is 0 Å². The number of nitrogens with one attached hydrogen (secondary N) is 1. The van der Waals surface area contributed by atoms with E-state index in [4.69, 9.17) is 22.7 Å². The number of amidine groups is 1. The summed E-state index contributed by atoms with van der Waals surface area (Å²) >= 11 is 6.12. The third kappa shape index (κ3) is 4.46. The first-order chi connectivity index (χ1) is 16.1. The van der Waals surface area contributed by atoms with E-state index < -0.39 is 30.4 Å². The van der Waals surface area contributed by atoms with Crippen LogP contribution >= 0.6 is 11.6 Å². The molecule has 1 aliphatic rings. The maximum atomic E-state index is 11.9. The first-order valence-electron chi connectivity index (χ1n) is 10.1. The van der Waals surface area contributed by atoms with Crippen LogP contribution in [0.1, 0.15) is 35.2 Å². The molecule has 0 saturated heterocycles. The van der Waals surface area contributed by atoms with Crippen LogP contribution in [-0.4, -0.2) is 33.1 Å². The second kappa shape index (κ2) is 8.95. The average Bonchev–Trinajstić information content (AvgIpc) is 3.20. The number of aromatic hydroxyl groups is 1. The van der Waals surface area contributed by atoms with Gasteiger partial charge in [-0.25, -0.2) is 0 Å². The number of aliphatic carboxylic acids is 2. The Bertz CT molecular complexity index is 1470. The number of benzene rings is 3. The number of nitrogens with two attached hydrogens (primary N) is 1. The summed E-state index contributed by atoms with van der Waals surface area (Å²) in [5.74, 6) is -4.26. The van der Waals surface area contributed by atoms with Crippen molar-refractivity contribution in [3.63, 3.8) is 0 Å². The van der Waals surface area contributed by atoms with E-state index in [0.717, 1.165) is 0 Å². The Hall–Kier alpha value is -4.24. The molecule has 0 radical (unpaired) electrons. The van der Waals surface area contributed by atoms with Crippen LogP contribution in [0.3, 0.4) is 0 Å². The van der Waals surface area contributed by atoms with E-state index in [9.17, 15) is 24.9 Å². The molecule has 9 nitrogen and oxygen atoms in total. The lowest BCUT2D eigenvalue weighted by Gasteiger charge is -2.18. The number of phenols is 1. The lowest BCUT2D eigenvalue weighted by Crippen LogP contribution is -2.24. The number of halogens is 1. The number of hydrogen-bond acceptors (Lipinski definition) is 6. The van der Waals surface area contributed by atoms with E-state index in [0.29, 0.717) is 26.9 Å². The summed E-state index contributed by atoms with van der Waals surface area (Å²) in [6.45, 7) is 0. The van der Waals surface area contributed by atoms with Crippen LogP contribution < -0.4 is 16.4 Å². The van der Waals surface area contributed by atoms with Crippen molar-refractivity contribution in [2.75, 3.05) is 0 Å². The minimum Gasteiger partial charge on any atom is -0.507 e. The van der Waals surface area contributed by atoms with Gasteiger partial charge in [-0.15, -0.1) is 0 Å². The molecule has 1 aliphatic heterocycles. The number of carboxylic acid groups (broad SMARTS) is 2. The molecule has 3 aromatic rings. The van der Waals surface area contributed by atoms with Crippen molar-refractivity contribution in [2.45, 2.75) is 18.5 Å². The number of hydrogen-bond donors (Lipinski definition) is 5. The fourth-order valence-electron chi connectivity index (χ4n) is 3.81. The van der Waals surface area contributed by atoms with Gasteiger partial charge >= 0.3 is 11.9 Å². The van der Waals surface area contributed by atoms with E-state index >= 15 is 0 Å². The smallest absolute Gasteiger partial charge is 0.311 e. The molecule has 0 spiro atoms. The number of phenolic OH excluding ortho intramolecular Hbond substituents is 1. The molecule has 0 amide bonds. The summed E-state index contributed by atoms with van der Waals surface area (Å²) in [4.78, 5) is 32.3. The second-order valence-corrected chi connectivity index (χ2v) is 8.19. The Morgan fingerprint density at radius 1 is 1.06 bits per heavy atom. The van der Waals surface area contributed by atoms with Crippen LogP contribution in [-0.2, 0) is 9.59 Å². The largest absolute Gasteiger partial charge is 0.507 e. The molecule has 34 heavy (non-hydrogen) atoms. The lowest BCUT2D eigenvalue weighted by molar-refractivity contribution is -0.145. The van der Waals surface area contributed by atoms with Gasteiger partial charge in [0.05, 0.1) is 23.1 Å². The zero-order valence-electron chi connectivity index (χ0n) is 17.6. The number of rotatable bonds is 7. The number of carbonyl (C=O) groups is 2. The van der Waals surface area contributed by atoms with E-state index in [2.05, 4.69) is 9.98 Å². The molecule has 1 heterocycles. The van der Waals surface area contributed by atoms with E-state index in [1.807, 2.05) is 0 Å². The van der Waals surface area contributed by atoms with Crippen LogP contribution in [0.4, 0.5) is 0 Å². The van der Waals surface area contributed by atoms with Gasteiger partial charge in [-0.05, 0) is 53.6 Å². The molecule has 6 N–H and O–H groups in total. The third-order valence-corrected chi connectivity index (χ3v) is 5.70. The molecular weight excluding hydrogens is 460 g/mol. The summed E-state index contributed by atoms with van der Waals surface area (Å²) in [6.07, 6.45) is -1.55. The van der Waals surface area contributed by atoms with Gasteiger partial charge in [0, 0.05) is 21.7 Å². The van der Waals surface area contributed by atoms with E-state index in [1.165, 1.54) is 12.1 Å². The standard InChI is InChI=1S/C24H19ClN4O5/c25-14-3-1-2-11(6-14)15-7-13(16(24(33)34)10-20(30)31)8-17(21(15)32)23-28-18-5-4-12(22(26)27)9-19(18)29-23/h1-9,16,23,32H,10H2,(H3,26,27)(H,30,31)(H,33,34). The Morgan fingerprint density at radius 2 is 1.79 bits per heavy atom. The molecule has 0 aliphatic carbocycles. The van der Waals surface area contributed by atoms with Gasteiger partial charge in [-0.3, -0.25) is 25.0 Å². The predicted octanol–water partition coefficient (Wildman–Crippen LogP) is 2.59. The fourth-order valence-corrected chi connectivity index (χ4v) is 4.00. The van der Waals surface area contributed by atoms with Crippen LogP contribution in [0.5, 0.6) is 5.75 Å². The number of carboxylic acids is 2. The number of nitrogen functional groups attached to an aromatic ring is 1. The molecular formula is C24H19ClN4O5. The molecule has 0 fully saturated rings. The van der Waals surface area contributed by atoms with Crippen molar-refractivity contribution in [2.24, 2.45) is 15.7 Å². The highest BCUT2D eigenvalue weighted by molar-refractivity contribution is 6.30. The molecule has 172 valence electrons. The van der Waals surface area contributed by atoms with Gasteiger partial charge in [0.15, 0.2) is 6.17 Å². The summed E-state index contributed by atoms with van der Waals surface area (Å²) in [5, 5.41) is 39.1. The van der Waals surface area contributed by atoms with Crippen molar-refractivity contribution in [3.8, 4) is 16.9 Å². The second-order valence-electron chi connectivity index (χ2n) is 7.75. The zero-order chi connectivity index (χ0) is 24.6. The van der Waals surface area contributed by atoms with Crippen molar-refractivity contribution in [3.05, 3.63) is 87.0 Å². The topological polar surface area (TPSA) is 169 Å². The highest BCUT2D eigenvalue weighted by Crippen LogP contribution is 2.41. The van der Waals surface area contributed by atoms with Crippen LogP contribution in [0.25, 0.3) is 11.1 Å². The highest BCUT2D eigenvalue weighted by Gasteiger charge is 2.28. The van der Waals surface area contributed by atoms with Crippen LogP contribution in [0.2, 0.25) is 5.02 Å². The normalized spacial score (nSPS) is 15.0. The van der Waals surface area contributed by atoms with Crippen molar-refractivity contribution < 1.29 is 24.9 Å². The minimum absolute atomic E-state index is 0.132. The molecule has 0 bridgehead atoms. The maximum absolute atomic E-state index is 11.9. The zero-order valence-corrected chi connectivity index (χ0v) is 18.3. The van der Waals surface area contributed by atoms with Crippen LogP contribution in [0.15, 0.2) is 64.6 Å². The van der Waals surface area contributed by atoms with Crippen molar-refractivity contribution in [1.29, 1.82) is 5.41 Å². The molecule has 3 aromatic carbocycles. The third-order valence-electron chi connectivity index (χ3n) is 5.46. The number of nitrogens with zero attached hydrogens (tertiary/aromatic N) is 2. The summed E-state index contributed by atoms with van der Waals surface area (Å²) < 4.78 is 0. The summed E-state index contributed by atoms with van der Waals surface area (Å²) in [7, 11) is 0. The van der Waals surface area contributed by atoms with E-state index in [1.54, 1.807) is 42.5 Å². The highest BCUT2D eigenvalue weighted by atomic mass is 35.5. The van der Waals surface area contributed by atoms with E-state index in [-0.39, 0.29) is 28.3 Å². The minimum atomic E-state index is -1.36. The Labute approximate surface area is 198 Å². The Balaban J connectivity index is 1.93. The summed E-state index contributed by atoms with van der Waals surface area (Å²) in [6, 6.07) is 14.4. The quantitative estimate of drug-likeness (QED) is 0.258. The first kappa shape index (κ1) is 22.9. The van der Waals surface area contributed by atoms with Gasteiger partial charge in [0.25, 0.3) is 0 Å². The summed E-state index contributed by atoms with van der Waals surface area (Å²) in [5.41, 5.74) is 7.20. The monoisotopic (exact) mass is 478 g/mol. The van der Waals surface area contributed by atoms with Gasteiger partial charge < -0.3 is 21.1 Å². The Kier molecular flexibility index (Phi) is 6.04. The van der Waals surface area contributed by atoms with Gasteiger partial charge in [-0.2, -0.15) is 0 Å². The predicted molar refractivity (Wildman–Crippen MR) is 124 cm³/mol.